The highest BCUT2D eigenvalue weighted by Gasteiger charge is 2.20. The summed E-state index contributed by atoms with van der Waals surface area (Å²) >= 11 is 3.57. The van der Waals surface area contributed by atoms with E-state index in [1.54, 1.807) is 40.9 Å². The fraction of sp³-hybridized carbons (Fsp3) is 0.350. The lowest BCUT2D eigenvalue weighted by Gasteiger charge is -2.19. The van der Waals surface area contributed by atoms with Crippen LogP contribution in [-0.2, 0) is 37.9 Å². The molecule has 0 amide bonds. The van der Waals surface area contributed by atoms with E-state index in [-0.39, 0.29) is 37.9 Å². The molecule has 0 unspecified atom stereocenters. The van der Waals surface area contributed by atoms with Gasteiger partial charge in [-0.25, -0.2) is 29.4 Å². The molecule has 0 radical (unpaired) electrons. The maximum Gasteiger partial charge on any atom is 0.155 e. The van der Waals surface area contributed by atoms with Gasteiger partial charge in [0.05, 0.1) is 37.8 Å². The molecular formula is C80H96N12S2. The number of pyridine rings is 4. The minimum absolute atomic E-state index is 0.167. The van der Waals surface area contributed by atoms with Gasteiger partial charge in [-0.1, -0.05) is 188 Å². The summed E-state index contributed by atoms with van der Waals surface area (Å²) in [5.41, 5.74) is 18.3. The number of imidazole rings is 1. The first-order chi connectivity index (χ1) is 44.0. The third-order valence-corrected chi connectivity index (χ3v) is 18.2. The first kappa shape index (κ1) is 71.1. The van der Waals surface area contributed by atoms with Gasteiger partial charge in [-0.15, -0.1) is 22.7 Å². The van der Waals surface area contributed by atoms with Crippen molar-refractivity contribution >= 4 is 87.1 Å². The van der Waals surface area contributed by atoms with Crippen LogP contribution >= 0.6 is 22.7 Å². The van der Waals surface area contributed by atoms with Gasteiger partial charge in [-0.3, -0.25) is 19.9 Å². The highest BCUT2D eigenvalue weighted by atomic mass is 32.1. The maximum absolute atomic E-state index is 4.30. The highest BCUT2D eigenvalue weighted by Crippen LogP contribution is 2.34. The van der Waals surface area contributed by atoms with Gasteiger partial charge in [0.1, 0.15) is 18.3 Å². The molecule has 0 atom stereocenters. The molecule has 0 bridgehead atoms. The zero-order valence-corrected chi connectivity index (χ0v) is 60.9. The Morgan fingerprint density at radius 2 is 0.851 bits per heavy atom. The lowest BCUT2D eigenvalue weighted by atomic mass is 9.86. The normalized spacial score (nSPS) is 12.1. The van der Waals surface area contributed by atoms with E-state index in [9.17, 15) is 0 Å². The summed E-state index contributed by atoms with van der Waals surface area (Å²) in [4.78, 5) is 39.2. The minimum atomic E-state index is 0.167. The molecule has 0 aliphatic carbocycles. The van der Waals surface area contributed by atoms with Gasteiger partial charge < -0.3 is 4.40 Å². The van der Waals surface area contributed by atoms with E-state index in [1.807, 2.05) is 78.4 Å². The SMILES string of the molecule is CC(C)(C)c1cc2cnccc2s1.CC(C)(C)c1ccc2ncccc2c1.CC(C)(C)c1ccc2nccn2c1.CC(C)(C)c1ccc2nccnc2c1.CC(C)(C)c1ccc2ncncc2c1.CC(C)(C)c1ccc2ncnn2c1.CC(C)(C)c1ccc2ncsc2c1. The topological polar surface area (TPSA) is 138 Å². The number of hydrogen-bond donors (Lipinski definition) is 0. The lowest BCUT2D eigenvalue weighted by Crippen LogP contribution is -2.12. The van der Waals surface area contributed by atoms with Crippen molar-refractivity contribution in [3.63, 3.8) is 0 Å². The summed E-state index contributed by atoms with van der Waals surface area (Å²) < 4.78 is 6.48. The Morgan fingerprint density at radius 3 is 1.47 bits per heavy atom. The number of hydrogen-bond acceptors (Lipinski definition) is 12. The van der Waals surface area contributed by atoms with Crippen LogP contribution in [0.1, 0.15) is 184 Å². The van der Waals surface area contributed by atoms with E-state index in [1.165, 1.54) is 58.4 Å². The Kier molecular flexibility index (Phi) is 22.2. The van der Waals surface area contributed by atoms with Crippen molar-refractivity contribution in [3.8, 4) is 0 Å². The monoisotopic (exact) mass is 1290 g/mol. The number of thiazole rings is 1. The molecule has 0 saturated heterocycles. The molecular weight excluding hydrogens is 1190 g/mol. The van der Waals surface area contributed by atoms with Crippen molar-refractivity contribution in [1.29, 1.82) is 0 Å². The molecule has 0 aliphatic rings. The van der Waals surface area contributed by atoms with E-state index >= 15 is 0 Å². The molecule has 14 rings (SSSR count). The first-order valence-electron chi connectivity index (χ1n) is 32.2. The molecule has 0 N–H and O–H groups in total. The Bertz CT molecular complexity index is 4290. The highest BCUT2D eigenvalue weighted by molar-refractivity contribution is 7.19. The summed E-state index contributed by atoms with van der Waals surface area (Å²) in [6.07, 6.45) is 22.1. The quantitative estimate of drug-likeness (QED) is 0.144. The maximum atomic E-state index is 4.30. The zero-order chi connectivity index (χ0) is 68.4. The van der Waals surface area contributed by atoms with Crippen LogP contribution < -0.4 is 0 Å². The summed E-state index contributed by atoms with van der Waals surface area (Å²) in [6, 6.07) is 42.3. The molecule has 0 saturated carbocycles. The van der Waals surface area contributed by atoms with Crippen molar-refractivity contribution in [2.45, 2.75) is 183 Å². The zero-order valence-electron chi connectivity index (χ0n) is 59.2. The van der Waals surface area contributed by atoms with E-state index < -0.39 is 0 Å². The van der Waals surface area contributed by atoms with Crippen LogP contribution in [-0.4, -0.2) is 58.9 Å². The number of aromatic nitrogens is 12. The average Bonchev–Trinajstić information content (AvgIpc) is 1.21. The molecule has 488 valence electrons. The van der Waals surface area contributed by atoms with Crippen LogP contribution in [0.25, 0.3) is 64.4 Å². The molecule has 0 fully saturated rings. The molecule has 0 spiro atoms. The Balaban J connectivity index is 0.000000141. The molecule has 94 heavy (non-hydrogen) atoms. The fourth-order valence-electron chi connectivity index (χ4n) is 9.62. The van der Waals surface area contributed by atoms with Gasteiger partial charge in [-0.05, 0) is 150 Å². The predicted molar refractivity (Wildman–Crippen MR) is 399 cm³/mol. The minimum Gasteiger partial charge on any atom is -0.307 e. The number of rotatable bonds is 0. The molecule has 4 aromatic carbocycles. The van der Waals surface area contributed by atoms with Crippen LogP contribution in [0.3, 0.4) is 0 Å². The third kappa shape index (κ3) is 19.7. The summed E-state index contributed by atoms with van der Waals surface area (Å²) in [6.45, 7) is 46.5. The Labute approximate surface area is 565 Å². The second-order valence-corrected chi connectivity index (χ2v) is 32.8. The van der Waals surface area contributed by atoms with E-state index in [0.717, 1.165) is 44.3 Å². The molecule has 14 aromatic rings. The number of nitrogens with zero attached hydrogens (tertiary/aromatic N) is 12. The van der Waals surface area contributed by atoms with Gasteiger partial charge in [0, 0.05) is 87.7 Å². The number of benzene rings is 4. The second kappa shape index (κ2) is 29.3. The van der Waals surface area contributed by atoms with Gasteiger partial charge >= 0.3 is 0 Å². The van der Waals surface area contributed by atoms with Crippen molar-refractivity contribution in [1.82, 2.24) is 58.9 Å². The lowest BCUT2D eigenvalue weighted by molar-refractivity contribution is 0.584. The predicted octanol–water partition coefficient (Wildman–Crippen LogP) is 21.2. The van der Waals surface area contributed by atoms with Crippen LogP contribution in [0.15, 0.2) is 201 Å². The molecule has 12 nitrogen and oxygen atoms in total. The molecule has 10 aromatic heterocycles. The standard InChI is InChI=1S/C13H15N.2C12H14N2.C11H14N2.2C11H13NS.C10H13N3/c1-13(2,3)11-6-7-12-10(9-11)5-4-8-14-12;1-12(2,3)10-4-5-11-9(6-10)7-13-8-14-11;1-12(2,3)9-4-5-10-11(8-9)14-7-6-13-10;1-11(2,3)9-4-5-10-12-6-7-13(10)8-9;1-11(2,3)10-6-8-7-12-5-4-9(8)13-10;1-11(2,3)8-4-5-9-10(6-8)13-7-12-9;1-10(2,3)8-4-5-9-11-7-12-13(9)6-8/h4-9H,1-3H3;2*4-8H,1-3H3;4-8H,1-3H3;3*4-7H,1-3H3. The van der Waals surface area contributed by atoms with Crippen molar-refractivity contribution < 1.29 is 0 Å². The Hall–Kier alpha value is -8.72. The van der Waals surface area contributed by atoms with Crippen LogP contribution in [0.2, 0.25) is 0 Å². The van der Waals surface area contributed by atoms with E-state index in [0.29, 0.717) is 0 Å². The van der Waals surface area contributed by atoms with Crippen LogP contribution in [0, 0.1) is 0 Å². The molecule has 0 aliphatic heterocycles. The first-order valence-corrected chi connectivity index (χ1v) is 33.9. The van der Waals surface area contributed by atoms with Gasteiger partial charge in [-0.2, -0.15) is 5.10 Å². The summed E-state index contributed by atoms with van der Waals surface area (Å²) in [5.74, 6) is 0. The van der Waals surface area contributed by atoms with Crippen molar-refractivity contribution in [3.05, 3.63) is 240 Å². The van der Waals surface area contributed by atoms with Crippen molar-refractivity contribution in [2.24, 2.45) is 0 Å². The number of thiophene rings is 1. The Morgan fingerprint density at radius 1 is 0.330 bits per heavy atom. The van der Waals surface area contributed by atoms with Crippen molar-refractivity contribution in [2.75, 3.05) is 0 Å². The van der Waals surface area contributed by atoms with E-state index in [4.69, 9.17) is 0 Å². The van der Waals surface area contributed by atoms with Crippen LogP contribution in [0.4, 0.5) is 0 Å². The second-order valence-electron chi connectivity index (χ2n) is 30.9. The third-order valence-electron chi connectivity index (χ3n) is 15.8. The average molecular weight is 1290 g/mol. The number of fused-ring (bicyclic) bond motifs is 7. The molecule has 14 heteroatoms. The van der Waals surface area contributed by atoms with Gasteiger partial charge in [0.15, 0.2) is 5.65 Å². The molecule has 10 heterocycles. The smallest absolute Gasteiger partial charge is 0.155 e. The van der Waals surface area contributed by atoms with Gasteiger partial charge in [0.2, 0.25) is 0 Å². The van der Waals surface area contributed by atoms with E-state index in [2.05, 4.69) is 309 Å². The summed E-state index contributed by atoms with van der Waals surface area (Å²) in [5, 5.41) is 7.69. The fourth-order valence-corrected chi connectivity index (χ4v) is 11.4. The largest absolute Gasteiger partial charge is 0.307 e. The summed E-state index contributed by atoms with van der Waals surface area (Å²) in [7, 11) is 0. The van der Waals surface area contributed by atoms with Crippen LogP contribution in [0.5, 0.6) is 0 Å². The van der Waals surface area contributed by atoms with Gasteiger partial charge in [0.25, 0.3) is 0 Å².